The third-order valence-corrected chi connectivity index (χ3v) is 4.36. The van der Waals surface area contributed by atoms with Gasteiger partial charge in [0.25, 0.3) is 5.91 Å². The summed E-state index contributed by atoms with van der Waals surface area (Å²) in [6.45, 7) is 7.62. The van der Waals surface area contributed by atoms with Gasteiger partial charge in [-0.1, -0.05) is 31.1 Å². The van der Waals surface area contributed by atoms with Gasteiger partial charge in [0, 0.05) is 31.4 Å². The minimum atomic E-state index is -0.836. The Labute approximate surface area is 155 Å². The molecule has 1 amide bonds. The van der Waals surface area contributed by atoms with Crippen LogP contribution >= 0.6 is 0 Å². The first-order chi connectivity index (χ1) is 12.6. The summed E-state index contributed by atoms with van der Waals surface area (Å²) in [5.41, 5.74) is 2.14. The molecule has 1 aliphatic rings. The summed E-state index contributed by atoms with van der Waals surface area (Å²) in [6.07, 6.45) is 8.88. The third kappa shape index (κ3) is 6.39. The summed E-state index contributed by atoms with van der Waals surface area (Å²) in [5.74, 6) is -0.878. The average molecular weight is 356 g/mol. The normalized spacial score (nSPS) is 16.0. The van der Waals surface area contributed by atoms with Crippen molar-refractivity contribution in [1.29, 1.82) is 0 Å². The molecule has 2 rings (SSSR count). The maximum Gasteiger partial charge on any atom is 0.331 e. The highest BCUT2D eigenvalue weighted by atomic mass is 16.5. The molecule has 1 atom stereocenters. The topological polar surface area (TPSA) is 58.6 Å². The molecule has 1 fully saturated rings. The molecule has 0 saturated carbocycles. The summed E-state index contributed by atoms with van der Waals surface area (Å²) in [7, 11) is 0. The van der Waals surface area contributed by atoms with Crippen LogP contribution < -0.4 is 10.2 Å². The maximum atomic E-state index is 11.8. The number of anilines is 1. The average Bonchev–Trinajstić information content (AvgIpc) is 2.94. The van der Waals surface area contributed by atoms with Crippen molar-refractivity contribution in [1.82, 2.24) is 5.32 Å². The van der Waals surface area contributed by atoms with E-state index in [9.17, 15) is 9.59 Å². The molecule has 5 nitrogen and oxygen atoms in total. The minimum absolute atomic E-state index is 0.339. The molecule has 1 aliphatic heterocycles. The Hall–Kier alpha value is -2.56. The predicted octanol–water partition coefficient (Wildman–Crippen LogP) is 3.31. The van der Waals surface area contributed by atoms with Crippen molar-refractivity contribution < 1.29 is 14.3 Å². The molecule has 1 heterocycles. The molecule has 0 aliphatic carbocycles. The summed E-state index contributed by atoms with van der Waals surface area (Å²) >= 11 is 0. The molecule has 26 heavy (non-hydrogen) atoms. The van der Waals surface area contributed by atoms with Gasteiger partial charge in [0.1, 0.15) is 0 Å². The molecule has 0 unspecified atom stereocenters. The van der Waals surface area contributed by atoms with Gasteiger partial charge in [-0.25, -0.2) is 4.79 Å². The fraction of sp³-hybridized carbons (Fsp3) is 0.429. The SMILES string of the molecule is C=CCNC(=O)[C@@H](C)OC(=O)/C=C/c1ccc(N2CCCCCC2)cc1. The summed E-state index contributed by atoms with van der Waals surface area (Å²) < 4.78 is 5.08. The second-order valence-electron chi connectivity index (χ2n) is 6.44. The molecular weight excluding hydrogens is 328 g/mol. The van der Waals surface area contributed by atoms with E-state index in [1.807, 2.05) is 12.1 Å². The minimum Gasteiger partial charge on any atom is -0.449 e. The number of hydrogen-bond donors (Lipinski definition) is 1. The maximum absolute atomic E-state index is 11.8. The second-order valence-corrected chi connectivity index (χ2v) is 6.44. The van der Waals surface area contributed by atoms with E-state index in [1.165, 1.54) is 37.4 Å². The third-order valence-electron chi connectivity index (χ3n) is 4.36. The lowest BCUT2D eigenvalue weighted by Crippen LogP contribution is -2.35. The molecule has 1 aromatic rings. The van der Waals surface area contributed by atoms with Crippen LogP contribution in [0.3, 0.4) is 0 Å². The van der Waals surface area contributed by atoms with Crippen molar-refractivity contribution in [3.63, 3.8) is 0 Å². The Morgan fingerprint density at radius 1 is 1.19 bits per heavy atom. The molecule has 1 aromatic carbocycles. The van der Waals surface area contributed by atoms with E-state index in [0.717, 1.165) is 18.7 Å². The van der Waals surface area contributed by atoms with Crippen molar-refractivity contribution in [2.24, 2.45) is 0 Å². The van der Waals surface area contributed by atoms with Gasteiger partial charge in [-0.05, 0) is 43.5 Å². The first-order valence-corrected chi connectivity index (χ1v) is 9.22. The van der Waals surface area contributed by atoms with E-state index in [4.69, 9.17) is 4.74 Å². The van der Waals surface area contributed by atoms with E-state index >= 15 is 0 Å². The number of ether oxygens (including phenoxy) is 1. The van der Waals surface area contributed by atoms with Gasteiger partial charge in [-0.2, -0.15) is 0 Å². The summed E-state index contributed by atoms with van der Waals surface area (Å²) in [6, 6.07) is 8.15. The number of nitrogens with zero attached hydrogens (tertiary/aromatic N) is 1. The fourth-order valence-corrected chi connectivity index (χ4v) is 2.87. The zero-order valence-electron chi connectivity index (χ0n) is 15.4. The van der Waals surface area contributed by atoms with Gasteiger partial charge in [0.05, 0.1) is 0 Å². The monoisotopic (exact) mass is 356 g/mol. The highest BCUT2D eigenvalue weighted by Crippen LogP contribution is 2.20. The predicted molar refractivity (Wildman–Crippen MR) is 105 cm³/mol. The number of amides is 1. The number of rotatable bonds is 7. The number of nitrogens with one attached hydrogen (secondary N) is 1. The Morgan fingerprint density at radius 2 is 1.85 bits per heavy atom. The van der Waals surface area contributed by atoms with E-state index in [2.05, 4.69) is 28.9 Å². The van der Waals surface area contributed by atoms with Gasteiger partial charge in [-0.3, -0.25) is 4.79 Å². The number of hydrogen-bond acceptors (Lipinski definition) is 4. The van der Waals surface area contributed by atoms with Crippen LogP contribution in [0.2, 0.25) is 0 Å². The Kier molecular flexibility index (Phi) is 7.93. The number of benzene rings is 1. The van der Waals surface area contributed by atoms with E-state index < -0.39 is 12.1 Å². The molecule has 140 valence electrons. The molecule has 5 heteroatoms. The van der Waals surface area contributed by atoms with Crippen molar-refractivity contribution >= 4 is 23.6 Å². The van der Waals surface area contributed by atoms with E-state index in [-0.39, 0.29) is 5.91 Å². The molecule has 0 spiro atoms. The van der Waals surface area contributed by atoms with Crippen molar-refractivity contribution in [2.45, 2.75) is 38.7 Å². The molecular formula is C21H28N2O3. The van der Waals surface area contributed by atoms with Gasteiger partial charge in [0.15, 0.2) is 6.10 Å². The largest absolute Gasteiger partial charge is 0.449 e. The zero-order valence-corrected chi connectivity index (χ0v) is 15.4. The first-order valence-electron chi connectivity index (χ1n) is 9.22. The van der Waals surface area contributed by atoms with E-state index in [1.54, 1.807) is 19.1 Å². The van der Waals surface area contributed by atoms with Crippen LogP contribution in [0.5, 0.6) is 0 Å². The van der Waals surface area contributed by atoms with Gasteiger partial charge in [0.2, 0.25) is 0 Å². The second kappa shape index (κ2) is 10.4. The lowest BCUT2D eigenvalue weighted by molar-refractivity contribution is -0.150. The van der Waals surface area contributed by atoms with Gasteiger partial charge in [-0.15, -0.1) is 6.58 Å². The quantitative estimate of drug-likeness (QED) is 0.463. The first kappa shape index (κ1) is 19.8. The van der Waals surface area contributed by atoms with Crippen LogP contribution in [0.1, 0.15) is 38.2 Å². The smallest absolute Gasteiger partial charge is 0.331 e. The van der Waals surface area contributed by atoms with Crippen LogP contribution in [0.25, 0.3) is 6.08 Å². The highest BCUT2D eigenvalue weighted by Gasteiger charge is 2.15. The summed E-state index contributed by atoms with van der Waals surface area (Å²) in [5, 5.41) is 2.59. The Bertz CT molecular complexity index is 629. The zero-order chi connectivity index (χ0) is 18.8. The number of carbonyl (C=O) groups is 2. The van der Waals surface area contributed by atoms with Crippen molar-refractivity contribution in [3.05, 3.63) is 48.6 Å². The van der Waals surface area contributed by atoms with E-state index in [0.29, 0.717) is 6.54 Å². The molecule has 0 radical (unpaired) electrons. The molecule has 1 N–H and O–H groups in total. The van der Waals surface area contributed by atoms with Crippen LogP contribution in [-0.2, 0) is 14.3 Å². The van der Waals surface area contributed by atoms with Gasteiger partial charge < -0.3 is 15.0 Å². The Morgan fingerprint density at radius 3 is 2.46 bits per heavy atom. The number of carbonyl (C=O) groups excluding carboxylic acids is 2. The van der Waals surface area contributed by atoms with Crippen LogP contribution in [0.4, 0.5) is 5.69 Å². The van der Waals surface area contributed by atoms with Crippen molar-refractivity contribution in [3.8, 4) is 0 Å². The van der Waals surface area contributed by atoms with Crippen LogP contribution in [0, 0.1) is 0 Å². The Balaban J connectivity index is 1.86. The van der Waals surface area contributed by atoms with Crippen LogP contribution in [-0.4, -0.2) is 37.6 Å². The van der Waals surface area contributed by atoms with Crippen LogP contribution in [0.15, 0.2) is 43.0 Å². The standard InChI is InChI=1S/C21H28N2O3/c1-3-14-22-21(25)17(2)26-20(24)13-10-18-8-11-19(12-9-18)23-15-6-4-5-7-16-23/h3,8-13,17H,1,4-7,14-16H2,2H3,(H,22,25)/b13-10+/t17-/m1/s1. The summed E-state index contributed by atoms with van der Waals surface area (Å²) in [4.78, 5) is 25.9. The number of esters is 1. The van der Waals surface area contributed by atoms with Crippen molar-refractivity contribution in [2.75, 3.05) is 24.5 Å². The highest BCUT2D eigenvalue weighted by molar-refractivity contribution is 5.90. The molecule has 0 aromatic heterocycles. The molecule has 1 saturated heterocycles. The van der Waals surface area contributed by atoms with Gasteiger partial charge >= 0.3 is 5.97 Å². The lowest BCUT2D eigenvalue weighted by Gasteiger charge is -2.22. The fourth-order valence-electron chi connectivity index (χ4n) is 2.87. The molecule has 0 bridgehead atoms. The lowest BCUT2D eigenvalue weighted by atomic mass is 10.1.